The zero-order valence-corrected chi connectivity index (χ0v) is 9.42. The molecule has 88 valence electrons. The van der Waals surface area contributed by atoms with Gasteiger partial charge in [0.25, 0.3) is 0 Å². The number of carbonyl (C=O) groups is 1. The minimum absolute atomic E-state index is 0.152. The van der Waals surface area contributed by atoms with E-state index in [0.29, 0.717) is 17.2 Å². The van der Waals surface area contributed by atoms with E-state index in [-0.39, 0.29) is 12.3 Å². The van der Waals surface area contributed by atoms with Crippen LogP contribution < -0.4 is 11.1 Å². The molecule has 0 saturated heterocycles. The first-order chi connectivity index (χ1) is 8.13. The predicted octanol–water partition coefficient (Wildman–Crippen LogP) is 0.579. The summed E-state index contributed by atoms with van der Waals surface area (Å²) in [6.07, 6.45) is 3.50. The van der Waals surface area contributed by atoms with E-state index in [0.717, 1.165) is 0 Å². The lowest BCUT2D eigenvalue weighted by atomic mass is 10.2. The summed E-state index contributed by atoms with van der Waals surface area (Å²) in [6, 6.07) is 5.18. The molecule has 0 spiro atoms. The number of amides is 1. The summed E-state index contributed by atoms with van der Waals surface area (Å²) in [6.45, 7) is 0. The van der Waals surface area contributed by atoms with Crippen LogP contribution in [0.4, 0.5) is 11.5 Å². The zero-order chi connectivity index (χ0) is 12.3. The predicted molar refractivity (Wildman–Crippen MR) is 64.2 cm³/mol. The average molecular weight is 231 g/mol. The van der Waals surface area contributed by atoms with Gasteiger partial charge in [0.05, 0.1) is 18.3 Å². The van der Waals surface area contributed by atoms with Crippen LogP contribution in [0.2, 0.25) is 0 Å². The van der Waals surface area contributed by atoms with Crippen molar-refractivity contribution in [1.82, 2.24) is 14.8 Å². The van der Waals surface area contributed by atoms with Gasteiger partial charge in [0.15, 0.2) is 5.82 Å². The Kier molecular flexibility index (Phi) is 3.04. The van der Waals surface area contributed by atoms with Gasteiger partial charge in [-0.1, -0.05) is 0 Å². The molecule has 0 saturated carbocycles. The third-order valence-corrected chi connectivity index (χ3v) is 2.17. The molecule has 1 amide bonds. The van der Waals surface area contributed by atoms with Crippen LogP contribution in [0, 0.1) is 0 Å². The van der Waals surface area contributed by atoms with Gasteiger partial charge in [-0.2, -0.15) is 5.10 Å². The molecular formula is C11H13N5O. The van der Waals surface area contributed by atoms with Crippen LogP contribution in [0.3, 0.4) is 0 Å². The molecule has 0 aromatic carbocycles. The summed E-state index contributed by atoms with van der Waals surface area (Å²) in [5.41, 5.74) is 6.76. The lowest BCUT2D eigenvalue weighted by Crippen LogP contribution is -2.15. The van der Waals surface area contributed by atoms with Gasteiger partial charge in [0.2, 0.25) is 5.91 Å². The summed E-state index contributed by atoms with van der Waals surface area (Å²) in [5, 5.41) is 6.73. The Morgan fingerprint density at radius 2 is 2.29 bits per heavy atom. The van der Waals surface area contributed by atoms with Crippen molar-refractivity contribution >= 4 is 17.4 Å². The minimum Gasteiger partial charge on any atom is -0.397 e. The van der Waals surface area contributed by atoms with Crippen LogP contribution in [0.1, 0.15) is 5.69 Å². The van der Waals surface area contributed by atoms with E-state index in [2.05, 4.69) is 15.4 Å². The summed E-state index contributed by atoms with van der Waals surface area (Å²) in [4.78, 5) is 15.7. The van der Waals surface area contributed by atoms with Crippen LogP contribution in [0.5, 0.6) is 0 Å². The monoisotopic (exact) mass is 231 g/mol. The maximum Gasteiger partial charge on any atom is 0.231 e. The van der Waals surface area contributed by atoms with Crippen molar-refractivity contribution in [3.63, 3.8) is 0 Å². The quantitative estimate of drug-likeness (QED) is 0.809. The zero-order valence-electron chi connectivity index (χ0n) is 9.42. The smallest absolute Gasteiger partial charge is 0.231 e. The number of pyridine rings is 1. The number of nitrogens with two attached hydrogens (primary N) is 1. The fraction of sp³-hybridized carbons (Fsp3) is 0.182. The van der Waals surface area contributed by atoms with E-state index >= 15 is 0 Å². The molecule has 0 atom stereocenters. The first-order valence-corrected chi connectivity index (χ1v) is 5.13. The molecular weight excluding hydrogens is 218 g/mol. The lowest BCUT2D eigenvalue weighted by Gasteiger charge is -2.01. The molecule has 0 fully saturated rings. The van der Waals surface area contributed by atoms with Crippen molar-refractivity contribution in [3.05, 3.63) is 36.3 Å². The molecule has 6 heteroatoms. The molecule has 2 aromatic rings. The fourth-order valence-electron chi connectivity index (χ4n) is 1.37. The molecule has 0 bridgehead atoms. The highest BCUT2D eigenvalue weighted by molar-refractivity contribution is 5.91. The summed E-state index contributed by atoms with van der Waals surface area (Å²) in [7, 11) is 1.79. The number of rotatable bonds is 3. The number of nitrogens with zero attached hydrogens (tertiary/aromatic N) is 3. The van der Waals surface area contributed by atoms with E-state index in [1.807, 2.05) is 0 Å². The Hall–Kier alpha value is -2.37. The van der Waals surface area contributed by atoms with Crippen LogP contribution in [-0.4, -0.2) is 20.7 Å². The molecule has 2 rings (SSSR count). The van der Waals surface area contributed by atoms with Crippen molar-refractivity contribution in [1.29, 1.82) is 0 Å². The molecule has 2 heterocycles. The van der Waals surface area contributed by atoms with Gasteiger partial charge >= 0.3 is 0 Å². The number of anilines is 2. The van der Waals surface area contributed by atoms with E-state index in [4.69, 9.17) is 5.73 Å². The molecule has 2 aromatic heterocycles. The molecule has 0 aliphatic heterocycles. The van der Waals surface area contributed by atoms with E-state index < -0.39 is 0 Å². The lowest BCUT2D eigenvalue weighted by molar-refractivity contribution is -0.115. The fourth-order valence-corrected chi connectivity index (χ4v) is 1.37. The first-order valence-electron chi connectivity index (χ1n) is 5.13. The van der Waals surface area contributed by atoms with Gasteiger partial charge in [0, 0.05) is 25.0 Å². The van der Waals surface area contributed by atoms with Crippen LogP contribution in [0.15, 0.2) is 30.6 Å². The second-order valence-corrected chi connectivity index (χ2v) is 3.68. The third-order valence-electron chi connectivity index (χ3n) is 2.17. The molecule has 0 unspecified atom stereocenters. The van der Waals surface area contributed by atoms with Crippen molar-refractivity contribution in [2.45, 2.75) is 6.42 Å². The standard InChI is InChI=1S/C11H13N5O/c1-16-5-4-10(15-16)14-11(17)6-9-3-2-8(12)7-13-9/h2-5,7H,6,12H2,1H3,(H,14,15,17). The molecule has 0 radical (unpaired) electrons. The second kappa shape index (κ2) is 4.65. The number of hydrogen-bond donors (Lipinski definition) is 2. The second-order valence-electron chi connectivity index (χ2n) is 3.68. The molecule has 0 aliphatic rings. The average Bonchev–Trinajstić information content (AvgIpc) is 2.67. The molecule has 17 heavy (non-hydrogen) atoms. The van der Waals surface area contributed by atoms with Gasteiger partial charge in [-0.25, -0.2) is 0 Å². The highest BCUT2D eigenvalue weighted by atomic mass is 16.1. The highest BCUT2D eigenvalue weighted by Gasteiger charge is 2.06. The van der Waals surface area contributed by atoms with E-state index in [1.165, 1.54) is 6.20 Å². The number of nitrogens with one attached hydrogen (secondary N) is 1. The number of carbonyl (C=O) groups excluding carboxylic acids is 1. The minimum atomic E-state index is -0.152. The van der Waals surface area contributed by atoms with Crippen molar-refractivity contribution in [2.75, 3.05) is 11.1 Å². The molecule has 0 aliphatic carbocycles. The van der Waals surface area contributed by atoms with Gasteiger partial charge < -0.3 is 11.1 Å². The van der Waals surface area contributed by atoms with Gasteiger partial charge in [-0.05, 0) is 12.1 Å². The van der Waals surface area contributed by atoms with E-state index in [9.17, 15) is 4.79 Å². The van der Waals surface area contributed by atoms with Crippen LogP contribution >= 0.6 is 0 Å². The maximum atomic E-state index is 11.6. The number of hydrogen-bond acceptors (Lipinski definition) is 4. The number of nitrogen functional groups attached to an aromatic ring is 1. The summed E-state index contributed by atoms with van der Waals surface area (Å²) < 4.78 is 1.62. The van der Waals surface area contributed by atoms with Gasteiger partial charge in [0.1, 0.15) is 0 Å². The van der Waals surface area contributed by atoms with Crippen molar-refractivity contribution in [3.8, 4) is 0 Å². The number of aryl methyl sites for hydroxylation is 1. The SMILES string of the molecule is Cn1ccc(NC(=O)Cc2ccc(N)cn2)n1. The Bertz CT molecular complexity index is 517. The van der Waals surface area contributed by atoms with Crippen molar-refractivity contribution in [2.24, 2.45) is 7.05 Å². The topological polar surface area (TPSA) is 85.8 Å². The normalized spacial score (nSPS) is 10.2. The molecule has 3 N–H and O–H groups in total. The highest BCUT2D eigenvalue weighted by Crippen LogP contribution is 2.05. The van der Waals surface area contributed by atoms with Gasteiger partial charge in [-0.15, -0.1) is 0 Å². The third kappa shape index (κ3) is 3.04. The van der Waals surface area contributed by atoms with Gasteiger partial charge in [-0.3, -0.25) is 14.5 Å². The Morgan fingerprint density at radius 3 is 2.88 bits per heavy atom. The Balaban J connectivity index is 1.95. The van der Waals surface area contributed by atoms with E-state index in [1.54, 1.807) is 36.1 Å². The summed E-state index contributed by atoms with van der Waals surface area (Å²) >= 11 is 0. The first kappa shape index (κ1) is 11.1. The van der Waals surface area contributed by atoms with Crippen LogP contribution in [0.25, 0.3) is 0 Å². The Labute approximate surface area is 98.5 Å². The maximum absolute atomic E-state index is 11.6. The Morgan fingerprint density at radius 1 is 1.47 bits per heavy atom. The number of aromatic nitrogens is 3. The largest absolute Gasteiger partial charge is 0.397 e. The molecule has 6 nitrogen and oxygen atoms in total. The van der Waals surface area contributed by atoms with Crippen LogP contribution in [-0.2, 0) is 18.3 Å². The summed E-state index contributed by atoms with van der Waals surface area (Å²) in [5.74, 6) is 0.383. The van der Waals surface area contributed by atoms with Crippen molar-refractivity contribution < 1.29 is 4.79 Å².